The quantitative estimate of drug-likeness (QED) is 0.130. The molecule has 174 valence electrons. The van der Waals surface area contributed by atoms with E-state index in [4.69, 9.17) is 11.6 Å². The molecule has 3 rings (SSSR count). The number of para-hydroxylation sites is 1. The number of carbonyl (C=O) groups is 1. The Kier molecular flexibility index (Phi) is 8.46. The summed E-state index contributed by atoms with van der Waals surface area (Å²) < 4.78 is 1.64. The Labute approximate surface area is 200 Å². The average molecular weight is 489 g/mol. The second-order valence-electron chi connectivity index (χ2n) is 7.60. The van der Waals surface area contributed by atoms with Crippen LogP contribution in [0, 0.1) is 10.1 Å². The van der Waals surface area contributed by atoms with Crippen LogP contribution in [0.3, 0.4) is 0 Å². The fourth-order valence-electron chi connectivity index (χ4n) is 3.30. The first-order chi connectivity index (χ1) is 15.8. The molecule has 10 heteroatoms. The van der Waals surface area contributed by atoms with Crippen LogP contribution in [-0.2, 0) is 11.3 Å². The number of nitrogens with one attached hydrogen (secondary N) is 1. The summed E-state index contributed by atoms with van der Waals surface area (Å²) in [5, 5.41) is 14.1. The van der Waals surface area contributed by atoms with E-state index in [1.807, 2.05) is 12.1 Å². The Balaban J connectivity index is 1.82. The lowest BCUT2D eigenvalue weighted by atomic mass is 10.2. The van der Waals surface area contributed by atoms with Gasteiger partial charge in [0.2, 0.25) is 5.91 Å². The lowest BCUT2D eigenvalue weighted by molar-refractivity contribution is -0.384. The van der Waals surface area contributed by atoms with Gasteiger partial charge in [-0.2, -0.15) is 0 Å². The van der Waals surface area contributed by atoms with Crippen LogP contribution in [0.1, 0.15) is 39.5 Å². The number of nitrogens with zero attached hydrogens (tertiary/aromatic N) is 3. The Morgan fingerprint density at radius 1 is 1.24 bits per heavy atom. The number of fused-ring (bicyclic) bond motifs is 1. The van der Waals surface area contributed by atoms with Crippen LogP contribution in [0.25, 0.3) is 10.9 Å². The number of unbranched alkanes of at least 4 members (excludes halogenated alkanes) is 3. The van der Waals surface area contributed by atoms with Crippen molar-refractivity contribution >= 4 is 51.5 Å². The number of amides is 1. The standard InChI is InChI=1S/C23H25ClN4O4S/c1-3-4-5-8-13-27-22(30)17-9-6-7-10-19(17)26-23(27)33-15(2)21(29)25-20-12-11-16(28(31)32)14-18(20)24/h6-7,9-12,14-15H,3-5,8,13H2,1-2H3,(H,25,29). The van der Waals surface area contributed by atoms with E-state index in [-0.39, 0.29) is 27.9 Å². The smallest absolute Gasteiger partial charge is 0.271 e. The Morgan fingerprint density at radius 2 is 2.00 bits per heavy atom. The molecular weight excluding hydrogens is 464 g/mol. The number of benzene rings is 2. The minimum absolute atomic E-state index is 0.0754. The Hall–Kier alpha value is -2.91. The molecule has 1 atom stereocenters. The molecule has 0 aliphatic carbocycles. The summed E-state index contributed by atoms with van der Waals surface area (Å²) in [6.07, 6.45) is 4.04. The number of aromatic nitrogens is 2. The molecule has 1 aromatic heterocycles. The molecule has 1 unspecified atom stereocenters. The number of rotatable bonds is 10. The molecule has 1 amide bonds. The van der Waals surface area contributed by atoms with Crippen LogP contribution in [0.2, 0.25) is 5.02 Å². The second kappa shape index (κ2) is 11.3. The maximum Gasteiger partial charge on any atom is 0.271 e. The zero-order valence-corrected chi connectivity index (χ0v) is 20.0. The topological polar surface area (TPSA) is 107 Å². The third-order valence-electron chi connectivity index (χ3n) is 5.13. The zero-order chi connectivity index (χ0) is 24.0. The van der Waals surface area contributed by atoms with Gasteiger partial charge in [0.25, 0.3) is 11.2 Å². The van der Waals surface area contributed by atoms with Crippen molar-refractivity contribution in [1.82, 2.24) is 9.55 Å². The lowest BCUT2D eigenvalue weighted by Crippen LogP contribution is -2.27. The molecule has 0 aliphatic heterocycles. The fourth-order valence-corrected chi connectivity index (χ4v) is 4.45. The van der Waals surface area contributed by atoms with E-state index in [1.165, 1.54) is 30.0 Å². The van der Waals surface area contributed by atoms with Gasteiger partial charge in [0, 0.05) is 18.7 Å². The summed E-state index contributed by atoms with van der Waals surface area (Å²) in [7, 11) is 0. The molecule has 33 heavy (non-hydrogen) atoms. The summed E-state index contributed by atoms with van der Waals surface area (Å²) in [6.45, 7) is 4.37. The second-order valence-corrected chi connectivity index (χ2v) is 9.31. The SMILES string of the molecule is CCCCCCn1c(SC(C)C(=O)Nc2ccc([N+](=O)[O-])cc2Cl)nc2ccccc2c1=O. The number of nitro benzene ring substituents is 1. The molecule has 0 saturated heterocycles. The predicted molar refractivity (Wildman–Crippen MR) is 132 cm³/mol. The highest BCUT2D eigenvalue weighted by molar-refractivity contribution is 8.00. The summed E-state index contributed by atoms with van der Waals surface area (Å²) in [5.74, 6) is -0.351. The molecular formula is C23H25ClN4O4S. The van der Waals surface area contributed by atoms with Crippen molar-refractivity contribution in [3.05, 3.63) is 68.0 Å². The van der Waals surface area contributed by atoms with Crippen molar-refractivity contribution in [3.63, 3.8) is 0 Å². The molecule has 0 aliphatic rings. The van der Waals surface area contributed by atoms with Gasteiger partial charge in [0.1, 0.15) is 0 Å². The van der Waals surface area contributed by atoms with E-state index in [0.717, 1.165) is 25.7 Å². The summed E-state index contributed by atoms with van der Waals surface area (Å²) in [5.41, 5.74) is 0.586. The summed E-state index contributed by atoms with van der Waals surface area (Å²) in [6, 6.07) is 11.0. The average Bonchev–Trinajstić information content (AvgIpc) is 2.79. The van der Waals surface area contributed by atoms with E-state index >= 15 is 0 Å². The minimum atomic E-state index is -0.591. The first-order valence-corrected chi connectivity index (χ1v) is 12.0. The Bertz CT molecular complexity index is 1230. The molecule has 3 aromatic rings. The maximum atomic E-state index is 13.1. The van der Waals surface area contributed by atoms with Crippen molar-refractivity contribution in [2.45, 2.75) is 56.5 Å². The van der Waals surface area contributed by atoms with Crippen molar-refractivity contribution in [1.29, 1.82) is 0 Å². The van der Waals surface area contributed by atoms with Crippen molar-refractivity contribution in [3.8, 4) is 0 Å². The number of halogens is 1. The van der Waals surface area contributed by atoms with Gasteiger partial charge in [-0.1, -0.05) is 61.7 Å². The maximum absolute atomic E-state index is 13.1. The minimum Gasteiger partial charge on any atom is -0.324 e. The van der Waals surface area contributed by atoms with E-state index in [2.05, 4.69) is 17.2 Å². The van der Waals surface area contributed by atoms with Gasteiger partial charge in [0.15, 0.2) is 5.16 Å². The largest absolute Gasteiger partial charge is 0.324 e. The molecule has 0 fully saturated rings. The highest BCUT2D eigenvalue weighted by atomic mass is 35.5. The molecule has 1 heterocycles. The zero-order valence-electron chi connectivity index (χ0n) is 18.4. The molecule has 1 N–H and O–H groups in total. The predicted octanol–water partition coefficient (Wildman–Crippen LogP) is 5.66. The number of anilines is 1. The number of non-ortho nitro benzene ring substituents is 1. The number of nitro groups is 1. The Morgan fingerprint density at radius 3 is 2.70 bits per heavy atom. The van der Waals surface area contributed by atoms with Crippen LogP contribution in [0.15, 0.2) is 52.4 Å². The van der Waals surface area contributed by atoms with Gasteiger partial charge < -0.3 is 5.32 Å². The number of thioether (sulfide) groups is 1. The normalized spacial score (nSPS) is 12.0. The lowest BCUT2D eigenvalue weighted by Gasteiger charge is -2.17. The van der Waals surface area contributed by atoms with Crippen LogP contribution >= 0.6 is 23.4 Å². The van der Waals surface area contributed by atoms with Crippen LogP contribution in [0.5, 0.6) is 0 Å². The first kappa shape index (κ1) is 24.7. The molecule has 2 aromatic carbocycles. The highest BCUT2D eigenvalue weighted by Gasteiger charge is 2.21. The van der Waals surface area contributed by atoms with E-state index in [0.29, 0.717) is 22.6 Å². The molecule has 0 spiro atoms. The van der Waals surface area contributed by atoms with Crippen molar-refractivity contribution in [2.75, 3.05) is 5.32 Å². The van der Waals surface area contributed by atoms with Crippen molar-refractivity contribution in [2.24, 2.45) is 0 Å². The molecule has 0 saturated carbocycles. The third-order valence-corrected chi connectivity index (χ3v) is 6.54. The van der Waals surface area contributed by atoms with Crippen molar-refractivity contribution < 1.29 is 9.72 Å². The van der Waals surface area contributed by atoms with Gasteiger partial charge in [-0.25, -0.2) is 4.98 Å². The van der Waals surface area contributed by atoms with E-state index in [1.54, 1.807) is 23.6 Å². The number of carbonyl (C=O) groups excluding carboxylic acids is 1. The van der Waals surface area contributed by atoms with Gasteiger partial charge in [0.05, 0.1) is 31.8 Å². The summed E-state index contributed by atoms with van der Waals surface area (Å²) in [4.78, 5) is 40.9. The molecule has 8 nitrogen and oxygen atoms in total. The van der Waals surface area contributed by atoms with Gasteiger partial charge >= 0.3 is 0 Å². The van der Waals surface area contributed by atoms with Gasteiger partial charge in [-0.05, 0) is 31.5 Å². The highest BCUT2D eigenvalue weighted by Crippen LogP contribution is 2.29. The fraction of sp³-hybridized carbons (Fsp3) is 0.348. The van der Waals surface area contributed by atoms with Crippen LogP contribution in [-0.4, -0.2) is 25.6 Å². The molecule has 0 bridgehead atoms. The molecule has 0 radical (unpaired) electrons. The number of hydrogen-bond acceptors (Lipinski definition) is 6. The van der Waals surface area contributed by atoms with E-state index in [9.17, 15) is 19.7 Å². The third kappa shape index (κ3) is 6.11. The van der Waals surface area contributed by atoms with Gasteiger partial charge in [-0.3, -0.25) is 24.3 Å². The first-order valence-electron chi connectivity index (χ1n) is 10.7. The van der Waals surface area contributed by atoms with Crippen LogP contribution < -0.4 is 10.9 Å². The van der Waals surface area contributed by atoms with E-state index < -0.39 is 10.2 Å². The van der Waals surface area contributed by atoms with Gasteiger partial charge in [-0.15, -0.1) is 0 Å². The number of hydrogen-bond donors (Lipinski definition) is 1. The monoisotopic (exact) mass is 488 g/mol. The van der Waals surface area contributed by atoms with Crippen LogP contribution in [0.4, 0.5) is 11.4 Å². The summed E-state index contributed by atoms with van der Waals surface area (Å²) >= 11 is 7.29.